The van der Waals surface area contributed by atoms with Crippen molar-refractivity contribution in [3.8, 4) is 0 Å². The predicted octanol–water partition coefficient (Wildman–Crippen LogP) is 2.44. The Labute approximate surface area is 96.7 Å². The highest BCUT2D eigenvalue weighted by Gasteiger charge is 2.12. The van der Waals surface area contributed by atoms with Crippen LogP contribution in [-0.2, 0) is 11.3 Å². The lowest BCUT2D eigenvalue weighted by atomic mass is 10.00. The van der Waals surface area contributed by atoms with Gasteiger partial charge in [0.15, 0.2) is 0 Å². The van der Waals surface area contributed by atoms with Gasteiger partial charge < -0.3 is 9.74 Å². The van der Waals surface area contributed by atoms with Crippen LogP contribution in [0.15, 0.2) is 23.4 Å². The molecule has 16 heavy (non-hydrogen) atoms. The van der Waals surface area contributed by atoms with Crippen LogP contribution in [0, 0.1) is 0 Å². The first-order valence-corrected chi connectivity index (χ1v) is 5.80. The first-order chi connectivity index (χ1) is 7.81. The molecule has 2 rings (SSSR count). The molecule has 1 heterocycles. The third-order valence-electron chi connectivity index (χ3n) is 2.86. The average Bonchev–Trinajstić information content (AvgIpc) is 2.30. The maximum atomic E-state index is 4.96. The Morgan fingerprint density at radius 2 is 2.38 bits per heavy atom. The molecule has 0 atom stereocenters. The summed E-state index contributed by atoms with van der Waals surface area (Å²) in [5.41, 5.74) is 3.87. The lowest BCUT2D eigenvalue weighted by molar-refractivity contribution is 0.160. The Bertz CT molecular complexity index is 388. The number of anilines is 1. The van der Waals surface area contributed by atoms with Crippen LogP contribution >= 0.6 is 0 Å². The largest absolute Gasteiger partial charge is 0.396 e. The van der Waals surface area contributed by atoms with Crippen LogP contribution in [0.2, 0.25) is 0 Å². The van der Waals surface area contributed by atoms with Crippen LogP contribution in [-0.4, -0.2) is 26.4 Å². The van der Waals surface area contributed by atoms with Gasteiger partial charge in [-0.15, -0.1) is 0 Å². The highest BCUT2D eigenvalue weighted by Crippen LogP contribution is 2.26. The van der Waals surface area contributed by atoms with Gasteiger partial charge in [0.1, 0.15) is 6.61 Å². The molecule has 0 bridgehead atoms. The molecule has 1 aliphatic rings. The fraction of sp³-hybridized carbons (Fsp3) is 0.462. The maximum Gasteiger partial charge on any atom is 0.114 e. The van der Waals surface area contributed by atoms with Crippen molar-refractivity contribution in [2.75, 3.05) is 25.1 Å². The molecule has 0 aliphatic carbocycles. The fourth-order valence-electron chi connectivity index (χ4n) is 2.06. The van der Waals surface area contributed by atoms with Crippen LogP contribution in [0.5, 0.6) is 0 Å². The molecule has 0 fully saturated rings. The number of fused-ring (bicyclic) bond motifs is 1. The molecule has 86 valence electrons. The number of benzene rings is 1. The van der Waals surface area contributed by atoms with Crippen molar-refractivity contribution in [1.29, 1.82) is 0 Å². The summed E-state index contributed by atoms with van der Waals surface area (Å²) in [5.74, 6) is 0. The van der Waals surface area contributed by atoms with Gasteiger partial charge in [0.05, 0.1) is 6.21 Å². The Morgan fingerprint density at radius 1 is 1.50 bits per heavy atom. The predicted molar refractivity (Wildman–Crippen MR) is 67.3 cm³/mol. The molecule has 1 aromatic carbocycles. The van der Waals surface area contributed by atoms with E-state index in [1.165, 1.54) is 17.7 Å². The maximum absolute atomic E-state index is 4.96. The number of hydrogen-bond acceptors (Lipinski definition) is 3. The lowest BCUT2D eigenvalue weighted by Gasteiger charge is -2.27. The van der Waals surface area contributed by atoms with E-state index in [4.69, 9.17) is 4.84 Å². The molecule has 0 spiro atoms. The summed E-state index contributed by atoms with van der Waals surface area (Å²) in [6, 6.07) is 6.46. The normalized spacial score (nSPS) is 15.2. The van der Waals surface area contributed by atoms with Crippen LogP contribution < -0.4 is 4.90 Å². The minimum atomic E-state index is 0.615. The number of aryl methyl sites for hydroxylation is 1. The lowest BCUT2D eigenvalue weighted by Crippen LogP contribution is -2.24. The van der Waals surface area contributed by atoms with E-state index in [0.717, 1.165) is 18.5 Å². The number of oxime groups is 1. The molecule has 0 saturated carbocycles. The van der Waals surface area contributed by atoms with Gasteiger partial charge in [0.2, 0.25) is 0 Å². The third kappa shape index (κ3) is 2.35. The highest BCUT2D eigenvalue weighted by molar-refractivity contribution is 5.81. The molecule has 3 nitrogen and oxygen atoms in total. The average molecular weight is 218 g/mol. The second kappa shape index (κ2) is 5.01. The van der Waals surface area contributed by atoms with Gasteiger partial charge >= 0.3 is 0 Å². The van der Waals surface area contributed by atoms with E-state index in [1.807, 2.05) is 6.92 Å². The van der Waals surface area contributed by atoms with E-state index in [9.17, 15) is 0 Å². The summed E-state index contributed by atoms with van der Waals surface area (Å²) in [4.78, 5) is 7.27. The van der Waals surface area contributed by atoms with Gasteiger partial charge in [0.25, 0.3) is 0 Å². The molecular formula is C13H18N2O. The van der Waals surface area contributed by atoms with E-state index < -0.39 is 0 Å². The van der Waals surface area contributed by atoms with Crippen molar-refractivity contribution in [3.05, 3.63) is 29.3 Å². The quantitative estimate of drug-likeness (QED) is 0.575. The summed E-state index contributed by atoms with van der Waals surface area (Å²) >= 11 is 0. The first-order valence-electron chi connectivity index (χ1n) is 5.80. The number of hydrogen-bond donors (Lipinski definition) is 0. The molecule has 1 aliphatic heterocycles. The molecule has 0 unspecified atom stereocenters. The minimum Gasteiger partial charge on any atom is -0.396 e. The smallest absolute Gasteiger partial charge is 0.114 e. The summed E-state index contributed by atoms with van der Waals surface area (Å²) in [7, 11) is 2.14. The Kier molecular flexibility index (Phi) is 3.44. The number of rotatable bonds is 3. The first kappa shape index (κ1) is 11.0. The van der Waals surface area contributed by atoms with Gasteiger partial charge in [-0.1, -0.05) is 11.2 Å². The van der Waals surface area contributed by atoms with Gasteiger partial charge in [0, 0.05) is 19.3 Å². The van der Waals surface area contributed by atoms with Crippen LogP contribution in [0.1, 0.15) is 24.5 Å². The summed E-state index contributed by atoms with van der Waals surface area (Å²) in [6.45, 7) is 3.70. The van der Waals surface area contributed by atoms with E-state index in [-0.39, 0.29) is 0 Å². The molecule has 1 aromatic rings. The molecular weight excluding hydrogens is 200 g/mol. The van der Waals surface area contributed by atoms with Gasteiger partial charge in [-0.3, -0.25) is 0 Å². The molecule has 3 heteroatoms. The zero-order valence-electron chi connectivity index (χ0n) is 9.94. The van der Waals surface area contributed by atoms with E-state index in [1.54, 1.807) is 6.21 Å². The topological polar surface area (TPSA) is 24.8 Å². The van der Waals surface area contributed by atoms with Gasteiger partial charge in [-0.2, -0.15) is 0 Å². The van der Waals surface area contributed by atoms with Crippen molar-refractivity contribution in [2.24, 2.45) is 5.16 Å². The van der Waals surface area contributed by atoms with Crippen LogP contribution in [0.4, 0.5) is 5.69 Å². The zero-order valence-corrected chi connectivity index (χ0v) is 9.94. The van der Waals surface area contributed by atoms with Crippen molar-refractivity contribution in [2.45, 2.75) is 19.8 Å². The Balaban J connectivity index is 2.18. The van der Waals surface area contributed by atoms with E-state index >= 15 is 0 Å². The summed E-state index contributed by atoms with van der Waals surface area (Å²) in [6.07, 6.45) is 4.17. The van der Waals surface area contributed by atoms with Crippen molar-refractivity contribution in [1.82, 2.24) is 0 Å². The van der Waals surface area contributed by atoms with E-state index in [2.05, 4.69) is 35.3 Å². The fourth-order valence-corrected chi connectivity index (χ4v) is 2.06. The molecule has 0 aromatic heterocycles. The van der Waals surface area contributed by atoms with Crippen molar-refractivity contribution in [3.63, 3.8) is 0 Å². The number of nitrogens with zero attached hydrogens (tertiary/aromatic N) is 2. The zero-order chi connectivity index (χ0) is 11.4. The van der Waals surface area contributed by atoms with Crippen LogP contribution in [0.25, 0.3) is 0 Å². The molecule has 0 N–H and O–H groups in total. The summed E-state index contributed by atoms with van der Waals surface area (Å²) in [5, 5.41) is 3.89. The summed E-state index contributed by atoms with van der Waals surface area (Å²) < 4.78 is 0. The highest BCUT2D eigenvalue weighted by atomic mass is 16.6. The SMILES string of the molecule is CCON=Cc1ccc2c(c1)CCCN2C. The van der Waals surface area contributed by atoms with Gasteiger partial charge in [-0.25, -0.2) is 0 Å². The van der Waals surface area contributed by atoms with E-state index in [0.29, 0.717) is 6.61 Å². The molecule has 0 saturated heterocycles. The second-order valence-corrected chi connectivity index (χ2v) is 4.07. The second-order valence-electron chi connectivity index (χ2n) is 4.07. The standard InChI is InChI=1S/C13H18N2O/c1-3-16-14-10-11-6-7-13-12(9-11)5-4-8-15(13)2/h6-7,9-10H,3-5,8H2,1-2H3. The third-order valence-corrected chi connectivity index (χ3v) is 2.86. The monoisotopic (exact) mass is 218 g/mol. The van der Waals surface area contributed by atoms with Gasteiger partial charge in [-0.05, 0) is 43.0 Å². The van der Waals surface area contributed by atoms with Crippen LogP contribution in [0.3, 0.4) is 0 Å². The molecule has 0 amide bonds. The Hall–Kier alpha value is -1.51. The minimum absolute atomic E-state index is 0.615. The Morgan fingerprint density at radius 3 is 3.19 bits per heavy atom. The molecule has 0 radical (unpaired) electrons. The van der Waals surface area contributed by atoms with Crippen molar-refractivity contribution >= 4 is 11.9 Å². The van der Waals surface area contributed by atoms with Crippen molar-refractivity contribution < 1.29 is 4.84 Å².